The van der Waals surface area contributed by atoms with Crippen molar-refractivity contribution in [2.75, 3.05) is 19.5 Å². The van der Waals surface area contributed by atoms with Crippen LogP contribution >= 0.6 is 0 Å². The SMILES string of the molecule is C/C=C\N(C)C(Nc1ccc(C=O)c(C)c1)C(C)=N/C=C(\C)c1ccc(OC)c(F)c1F. The summed E-state index contributed by atoms with van der Waals surface area (Å²) < 4.78 is 33.3. The van der Waals surface area contributed by atoms with Gasteiger partial charge in [-0.15, -0.1) is 0 Å². The van der Waals surface area contributed by atoms with Gasteiger partial charge in [0.1, 0.15) is 12.5 Å². The summed E-state index contributed by atoms with van der Waals surface area (Å²) in [5, 5.41) is 3.40. The van der Waals surface area contributed by atoms with E-state index in [1.807, 2.05) is 57.1 Å². The van der Waals surface area contributed by atoms with E-state index in [1.54, 1.807) is 13.0 Å². The van der Waals surface area contributed by atoms with Gasteiger partial charge in [0.2, 0.25) is 5.82 Å². The predicted octanol–water partition coefficient (Wildman–Crippen LogP) is 5.82. The number of ether oxygens (including phenoxy) is 1. The maximum Gasteiger partial charge on any atom is 0.201 e. The fourth-order valence-electron chi connectivity index (χ4n) is 3.21. The largest absolute Gasteiger partial charge is 0.494 e. The number of hydrogen-bond acceptors (Lipinski definition) is 5. The lowest BCUT2D eigenvalue weighted by Gasteiger charge is -2.29. The zero-order chi connectivity index (χ0) is 23.8. The molecule has 0 radical (unpaired) electrons. The van der Waals surface area contributed by atoms with Crippen molar-refractivity contribution in [3.63, 3.8) is 0 Å². The second-order valence-corrected chi connectivity index (χ2v) is 7.41. The first kappa shape index (κ1) is 24.8. The molecule has 2 aromatic rings. The summed E-state index contributed by atoms with van der Waals surface area (Å²) in [6.07, 6.45) is 5.83. The normalized spacial score (nSPS) is 13.2. The number of carbonyl (C=O) groups is 1. The maximum absolute atomic E-state index is 14.4. The van der Waals surface area contributed by atoms with E-state index in [0.29, 0.717) is 16.8 Å². The topological polar surface area (TPSA) is 53.9 Å². The molecule has 7 heteroatoms. The van der Waals surface area contributed by atoms with Crippen LogP contribution in [0.4, 0.5) is 14.5 Å². The highest BCUT2D eigenvalue weighted by atomic mass is 19.2. The van der Waals surface area contributed by atoms with Crippen molar-refractivity contribution in [3.05, 3.63) is 77.1 Å². The Hall–Kier alpha value is -3.48. The van der Waals surface area contributed by atoms with Crippen LogP contribution in [-0.2, 0) is 0 Å². The molecule has 0 amide bonds. The lowest BCUT2D eigenvalue weighted by molar-refractivity contribution is 0.112. The zero-order valence-corrected chi connectivity index (χ0v) is 19.2. The number of nitrogens with one attached hydrogen (secondary N) is 1. The van der Waals surface area contributed by atoms with Gasteiger partial charge in [0.15, 0.2) is 11.6 Å². The van der Waals surface area contributed by atoms with Crippen LogP contribution in [-0.4, -0.2) is 37.2 Å². The van der Waals surface area contributed by atoms with E-state index in [2.05, 4.69) is 10.3 Å². The van der Waals surface area contributed by atoms with E-state index in [9.17, 15) is 13.6 Å². The van der Waals surface area contributed by atoms with Gasteiger partial charge < -0.3 is 15.0 Å². The van der Waals surface area contributed by atoms with Crippen molar-refractivity contribution < 1.29 is 18.3 Å². The number of aryl methyl sites for hydroxylation is 1. The van der Waals surface area contributed by atoms with E-state index in [1.165, 1.54) is 25.4 Å². The minimum absolute atomic E-state index is 0.117. The smallest absolute Gasteiger partial charge is 0.201 e. The minimum Gasteiger partial charge on any atom is -0.494 e. The average Bonchev–Trinajstić information content (AvgIpc) is 2.77. The summed E-state index contributed by atoms with van der Waals surface area (Å²) in [6, 6.07) is 8.33. The first-order chi connectivity index (χ1) is 15.2. The van der Waals surface area contributed by atoms with E-state index in [-0.39, 0.29) is 17.5 Å². The number of benzene rings is 2. The van der Waals surface area contributed by atoms with Crippen molar-refractivity contribution in [1.29, 1.82) is 0 Å². The Kier molecular flexibility index (Phi) is 8.70. The molecule has 1 N–H and O–H groups in total. The Labute approximate surface area is 188 Å². The molecule has 0 bridgehead atoms. The number of halogens is 2. The monoisotopic (exact) mass is 441 g/mol. The highest BCUT2D eigenvalue weighted by Crippen LogP contribution is 2.27. The number of hydrogen-bond donors (Lipinski definition) is 1. The Bertz CT molecular complexity index is 1060. The molecule has 32 heavy (non-hydrogen) atoms. The Morgan fingerprint density at radius 2 is 1.91 bits per heavy atom. The van der Waals surface area contributed by atoms with Crippen molar-refractivity contribution in [1.82, 2.24) is 4.90 Å². The summed E-state index contributed by atoms with van der Waals surface area (Å²) in [6.45, 7) is 7.29. The van der Waals surface area contributed by atoms with Crippen LogP contribution in [0.2, 0.25) is 0 Å². The molecule has 1 unspecified atom stereocenters. The standard InChI is InChI=1S/C25H29F2N3O2/c1-7-12-30(5)25(29-20-9-8-19(15-31)16(2)13-20)18(4)28-14-17(3)21-10-11-22(32-6)24(27)23(21)26/h7-15,25,29H,1-6H3/b12-7-,17-14+,28-18?. The molecule has 2 rings (SSSR count). The molecule has 0 fully saturated rings. The third-order valence-electron chi connectivity index (χ3n) is 5.04. The molecule has 0 aromatic heterocycles. The third kappa shape index (κ3) is 5.81. The Morgan fingerprint density at radius 1 is 1.19 bits per heavy atom. The average molecular weight is 442 g/mol. The van der Waals surface area contributed by atoms with Gasteiger partial charge in [-0.3, -0.25) is 9.79 Å². The van der Waals surface area contributed by atoms with Crippen LogP contribution < -0.4 is 10.1 Å². The van der Waals surface area contributed by atoms with Gasteiger partial charge >= 0.3 is 0 Å². The van der Waals surface area contributed by atoms with E-state index < -0.39 is 11.6 Å². The summed E-state index contributed by atoms with van der Waals surface area (Å²) in [5.74, 6) is -2.15. The molecule has 1 atom stereocenters. The van der Waals surface area contributed by atoms with E-state index in [4.69, 9.17) is 4.74 Å². The molecule has 0 aliphatic heterocycles. The molecule has 0 saturated heterocycles. The van der Waals surface area contributed by atoms with Crippen molar-refractivity contribution in [3.8, 4) is 5.75 Å². The van der Waals surface area contributed by atoms with Crippen molar-refractivity contribution >= 4 is 23.3 Å². The summed E-state index contributed by atoms with van der Waals surface area (Å²) in [4.78, 5) is 17.5. The molecule has 5 nitrogen and oxygen atoms in total. The van der Waals surface area contributed by atoms with Gasteiger partial charge in [0, 0.05) is 30.1 Å². The van der Waals surface area contributed by atoms with Gasteiger partial charge in [-0.25, -0.2) is 4.39 Å². The predicted molar refractivity (Wildman–Crippen MR) is 126 cm³/mol. The molecular formula is C25H29F2N3O2. The van der Waals surface area contributed by atoms with E-state index >= 15 is 0 Å². The first-order valence-corrected chi connectivity index (χ1v) is 10.1. The van der Waals surface area contributed by atoms with Crippen LogP contribution in [0, 0.1) is 18.6 Å². The number of methoxy groups -OCH3 is 1. The molecule has 0 aliphatic rings. The lowest BCUT2D eigenvalue weighted by atomic mass is 10.1. The maximum atomic E-state index is 14.4. The molecule has 0 heterocycles. The summed E-state index contributed by atoms with van der Waals surface area (Å²) in [7, 11) is 3.19. The highest BCUT2D eigenvalue weighted by molar-refractivity contribution is 5.90. The number of aliphatic imine (C=N–C) groups is 1. The zero-order valence-electron chi connectivity index (χ0n) is 19.2. The van der Waals surface area contributed by atoms with Crippen LogP contribution in [0.1, 0.15) is 42.3 Å². The fraction of sp³-hybridized carbons (Fsp3) is 0.280. The Morgan fingerprint density at radius 3 is 2.50 bits per heavy atom. The van der Waals surface area contributed by atoms with E-state index in [0.717, 1.165) is 17.5 Å². The van der Waals surface area contributed by atoms with Crippen molar-refractivity contribution in [2.24, 2.45) is 4.99 Å². The molecule has 0 saturated carbocycles. The van der Waals surface area contributed by atoms with Crippen LogP contribution in [0.3, 0.4) is 0 Å². The molecular weight excluding hydrogens is 412 g/mol. The second kappa shape index (κ2) is 11.2. The Balaban J connectivity index is 2.36. The fourth-order valence-corrected chi connectivity index (χ4v) is 3.21. The van der Waals surface area contributed by atoms with Gasteiger partial charge in [0.05, 0.1) is 12.8 Å². The second-order valence-electron chi connectivity index (χ2n) is 7.41. The molecule has 0 spiro atoms. The van der Waals surface area contributed by atoms with Gasteiger partial charge in [-0.2, -0.15) is 4.39 Å². The molecule has 170 valence electrons. The van der Waals surface area contributed by atoms with Crippen molar-refractivity contribution in [2.45, 2.75) is 33.9 Å². The quantitative estimate of drug-likeness (QED) is 0.303. The van der Waals surface area contributed by atoms with Crippen LogP contribution in [0.15, 0.2) is 53.8 Å². The van der Waals surface area contributed by atoms with Gasteiger partial charge in [-0.1, -0.05) is 6.08 Å². The molecule has 2 aromatic carbocycles. The first-order valence-electron chi connectivity index (χ1n) is 10.1. The van der Waals surface area contributed by atoms with Crippen LogP contribution in [0.25, 0.3) is 5.57 Å². The number of anilines is 1. The number of carbonyl (C=O) groups excluding carboxylic acids is 1. The number of nitrogens with zero attached hydrogens (tertiary/aromatic N) is 2. The van der Waals surface area contributed by atoms with Crippen LogP contribution in [0.5, 0.6) is 5.75 Å². The summed E-state index contributed by atoms with van der Waals surface area (Å²) >= 11 is 0. The van der Waals surface area contributed by atoms with Gasteiger partial charge in [0.25, 0.3) is 0 Å². The minimum atomic E-state index is -1.03. The molecule has 0 aliphatic carbocycles. The van der Waals surface area contributed by atoms with Gasteiger partial charge in [-0.05, 0) is 75.4 Å². The number of rotatable bonds is 9. The lowest BCUT2D eigenvalue weighted by Crippen LogP contribution is -2.40. The number of aldehydes is 1. The highest BCUT2D eigenvalue weighted by Gasteiger charge is 2.17. The number of allylic oxidation sites excluding steroid dienone is 2. The third-order valence-corrected chi connectivity index (χ3v) is 5.04. The summed E-state index contributed by atoms with van der Waals surface area (Å²) in [5.41, 5.74) is 3.61.